The van der Waals surface area contributed by atoms with Gasteiger partial charge in [-0.1, -0.05) is 15.9 Å². The van der Waals surface area contributed by atoms with Gasteiger partial charge in [-0.25, -0.2) is 0 Å². The quantitative estimate of drug-likeness (QED) is 0.809. The minimum atomic E-state index is -4.35. The number of ether oxygens (including phenoxy) is 1. The van der Waals surface area contributed by atoms with E-state index < -0.39 is 11.7 Å². The lowest BCUT2D eigenvalue weighted by molar-refractivity contribution is -0.137. The fourth-order valence-electron chi connectivity index (χ4n) is 1.46. The molecule has 0 unspecified atom stereocenters. The molecule has 0 atom stereocenters. The van der Waals surface area contributed by atoms with E-state index >= 15 is 0 Å². The summed E-state index contributed by atoms with van der Waals surface area (Å²) in [4.78, 5) is 1.23. The molecule has 4 nitrogen and oxygen atoms in total. The predicted octanol–water partition coefficient (Wildman–Crippen LogP) is 3.19. The number of alkyl halides is 4. The van der Waals surface area contributed by atoms with Crippen LogP contribution in [0.4, 0.5) is 13.2 Å². The van der Waals surface area contributed by atoms with E-state index in [2.05, 4.69) is 26.1 Å². The number of aromatic nitrogens is 3. The first-order valence-corrected chi connectivity index (χ1v) is 6.31. The molecule has 0 spiro atoms. The van der Waals surface area contributed by atoms with E-state index in [1.807, 2.05) is 0 Å². The van der Waals surface area contributed by atoms with Gasteiger partial charge >= 0.3 is 6.18 Å². The van der Waals surface area contributed by atoms with Gasteiger partial charge in [0.05, 0.1) is 23.7 Å². The molecule has 0 N–H and O–H groups in total. The van der Waals surface area contributed by atoms with Crippen LogP contribution in [0.25, 0.3) is 5.69 Å². The van der Waals surface area contributed by atoms with Crippen molar-refractivity contribution in [2.75, 3.05) is 7.11 Å². The second kappa shape index (κ2) is 5.20. The van der Waals surface area contributed by atoms with E-state index in [0.29, 0.717) is 22.6 Å². The number of nitrogens with zero attached hydrogens (tertiary/aromatic N) is 3. The lowest BCUT2D eigenvalue weighted by atomic mass is 10.2. The molecule has 0 saturated heterocycles. The lowest BCUT2D eigenvalue weighted by Crippen LogP contribution is -2.06. The standard InChI is InChI=1S/C11H9BrF3N3O/c1-19-10-9(6-12)16-18(17-10)8-4-2-7(3-5-8)11(13,14)15/h2-5H,6H2,1H3. The van der Waals surface area contributed by atoms with Crippen LogP contribution in [0.3, 0.4) is 0 Å². The maximum atomic E-state index is 12.4. The number of hydrogen-bond acceptors (Lipinski definition) is 3. The number of benzene rings is 1. The molecular weight excluding hydrogens is 327 g/mol. The molecule has 2 rings (SSSR count). The SMILES string of the molecule is COc1nn(-c2ccc(C(F)(F)F)cc2)nc1CBr. The second-order valence-electron chi connectivity index (χ2n) is 3.62. The number of rotatable bonds is 3. The Hall–Kier alpha value is -1.57. The van der Waals surface area contributed by atoms with Crippen LogP contribution in [-0.2, 0) is 11.5 Å². The van der Waals surface area contributed by atoms with E-state index in [-0.39, 0.29) is 0 Å². The molecule has 0 aliphatic rings. The maximum absolute atomic E-state index is 12.4. The zero-order valence-corrected chi connectivity index (χ0v) is 11.4. The first-order chi connectivity index (χ1) is 8.95. The molecule has 8 heteroatoms. The molecule has 0 radical (unpaired) electrons. The topological polar surface area (TPSA) is 39.9 Å². The molecule has 19 heavy (non-hydrogen) atoms. The highest BCUT2D eigenvalue weighted by atomic mass is 79.9. The van der Waals surface area contributed by atoms with Crippen LogP contribution in [0.2, 0.25) is 0 Å². The molecule has 0 saturated carbocycles. The molecular formula is C11H9BrF3N3O. The van der Waals surface area contributed by atoms with Gasteiger partial charge in [-0.2, -0.15) is 13.2 Å². The summed E-state index contributed by atoms with van der Waals surface area (Å²) in [7, 11) is 1.45. The molecule has 2 aromatic rings. The minimum absolute atomic E-state index is 0.330. The van der Waals surface area contributed by atoms with E-state index in [0.717, 1.165) is 12.1 Å². The third kappa shape index (κ3) is 2.89. The Morgan fingerprint density at radius 3 is 2.26 bits per heavy atom. The fourth-order valence-corrected chi connectivity index (χ4v) is 1.82. The zero-order chi connectivity index (χ0) is 14.0. The number of hydrogen-bond donors (Lipinski definition) is 0. The summed E-state index contributed by atoms with van der Waals surface area (Å²) >= 11 is 3.23. The molecule has 0 aliphatic heterocycles. The summed E-state index contributed by atoms with van der Waals surface area (Å²) in [6, 6.07) is 4.58. The average molecular weight is 336 g/mol. The lowest BCUT2D eigenvalue weighted by Gasteiger charge is -2.06. The maximum Gasteiger partial charge on any atom is 0.416 e. The van der Waals surface area contributed by atoms with E-state index in [1.165, 1.54) is 24.0 Å². The number of methoxy groups -OCH3 is 1. The van der Waals surface area contributed by atoms with Crippen LogP contribution >= 0.6 is 15.9 Å². The summed E-state index contributed by atoms with van der Waals surface area (Å²) in [5, 5.41) is 8.59. The summed E-state index contributed by atoms with van der Waals surface area (Å²) in [5.74, 6) is 0.330. The van der Waals surface area contributed by atoms with Crippen molar-refractivity contribution in [2.24, 2.45) is 0 Å². The molecule has 102 valence electrons. The summed E-state index contributed by atoms with van der Waals surface area (Å²) in [6.45, 7) is 0. The Labute approximate surface area is 115 Å². The van der Waals surface area contributed by atoms with Crippen LogP contribution in [0.5, 0.6) is 5.88 Å². The third-order valence-electron chi connectivity index (χ3n) is 2.39. The van der Waals surface area contributed by atoms with Gasteiger partial charge in [0.1, 0.15) is 5.69 Å². The van der Waals surface area contributed by atoms with Crippen molar-refractivity contribution < 1.29 is 17.9 Å². The highest BCUT2D eigenvalue weighted by molar-refractivity contribution is 9.08. The van der Waals surface area contributed by atoms with Crippen LogP contribution < -0.4 is 4.74 Å². The Kier molecular flexibility index (Phi) is 3.79. The first-order valence-electron chi connectivity index (χ1n) is 5.19. The van der Waals surface area contributed by atoms with Gasteiger partial charge in [-0.05, 0) is 24.3 Å². The normalized spacial score (nSPS) is 11.6. The Morgan fingerprint density at radius 2 is 1.84 bits per heavy atom. The van der Waals surface area contributed by atoms with Gasteiger partial charge in [0.25, 0.3) is 5.88 Å². The van der Waals surface area contributed by atoms with E-state index in [4.69, 9.17) is 4.74 Å². The molecule has 0 fully saturated rings. The highest BCUT2D eigenvalue weighted by Crippen LogP contribution is 2.29. The zero-order valence-electron chi connectivity index (χ0n) is 9.78. The van der Waals surface area contributed by atoms with Crippen LogP contribution in [0.15, 0.2) is 24.3 Å². The van der Waals surface area contributed by atoms with Crippen LogP contribution in [0, 0.1) is 0 Å². The van der Waals surface area contributed by atoms with Gasteiger partial charge in [-0.3, -0.25) is 0 Å². The van der Waals surface area contributed by atoms with Crippen LogP contribution in [-0.4, -0.2) is 22.1 Å². The Bertz CT molecular complexity index is 544. The van der Waals surface area contributed by atoms with Crippen LogP contribution in [0.1, 0.15) is 11.3 Å². The van der Waals surface area contributed by atoms with Gasteiger partial charge in [0, 0.05) is 0 Å². The van der Waals surface area contributed by atoms with E-state index in [1.54, 1.807) is 0 Å². The predicted molar refractivity (Wildman–Crippen MR) is 65.5 cm³/mol. The third-order valence-corrected chi connectivity index (χ3v) is 2.92. The molecule has 0 amide bonds. The van der Waals surface area contributed by atoms with Crippen molar-refractivity contribution in [3.05, 3.63) is 35.5 Å². The van der Waals surface area contributed by atoms with Crippen molar-refractivity contribution in [2.45, 2.75) is 11.5 Å². The molecule has 1 heterocycles. The first kappa shape index (κ1) is 13.9. The van der Waals surface area contributed by atoms with Gasteiger partial charge in [0.15, 0.2) is 0 Å². The smallest absolute Gasteiger partial charge is 0.416 e. The van der Waals surface area contributed by atoms with Crippen molar-refractivity contribution in [1.82, 2.24) is 15.0 Å². The van der Waals surface area contributed by atoms with Gasteiger partial charge < -0.3 is 4.74 Å². The highest BCUT2D eigenvalue weighted by Gasteiger charge is 2.30. The summed E-state index contributed by atoms with van der Waals surface area (Å²) < 4.78 is 42.3. The minimum Gasteiger partial charge on any atom is -0.479 e. The molecule has 0 bridgehead atoms. The number of halogens is 4. The fraction of sp³-hybridized carbons (Fsp3) is 0.273. The largest absolute Gasteiger partial charge is 0.479 e. The Balaban J connectivity index is 2.34. The Morgan fingerprint density at radius 1 is 1.21 bits per heavy atom. The summed E-state index contributed by atoms with van der Waals surface area (Å²) in [5.41, 5.74) is 0.289. The van der Waals surface area contributed by atoms with Gasteiger partial charge in [-0.15, -0.1) is 15.0 Å². The summed E-state index contributed by atoms with van der Waals surface area (Å²) in [6.07, 6.45) is -4.35. The van der Waals surface area contributed by atoms with Gasteiger partial charge in [0.2, 0.25) is 0 Å². The van der Waals surface area contributed by atoms with Crippen molar-refractivity contribution in [3.63, 3.8) is 0 Å². The monoisotopic (exact) mass is 335 g/mol. The molecule has 1 aromatic carbocycles. The second-order valence-corrected chi connectivity index (χ2v) is 4.18. The molecule has 1 aromatic heterocycles. The van der Waals surface area contributed by atoms with Crippen molar-refractivity contribution in [1.29, 1.82) is 0 Å². The van der Waals surface area contributed by atoms with Crippen molar-refractivity contribution in [3.8, 4) is 11.6 Å². The van der Waals surface area contributed by atoms with Crippen molar-refractivity contribution >= 4 is 15.9 Å². The average Bonchev–Trinajstić information content (AvgIpc) is 2.81. The molecule has 0 aliphatic carbocycles. The van der Waals surface area contributed by atoms with E-state index in [9.17, 15) is 13.2 Å².